The van der Waals surface area contributed by atoms with Gasteiger partial charge in [-0.15, -0.1) is 0 Å². The maximum atomic E-state index is 12.9. The SMILES string of the molecule is O=C(CCCCn1ccnc1)c1ccc2nc(-c3ccccc3)c(-c3ccc4cc[nH]c4c3)nc2c1. The largest absolute Gasteiger partial charge is 0.361 e. The molecule has 0 aliphatic rings. The molecule has 3 aromatic carbocycles. The van der Waals surface area contributed by atoms with Crippen molar-refractivity contribution in [3.63, 3.8) is 0 Å². The second kappa shape index (κ2) is 9.58. The Kier molecular flexibility index (Phi) is 5.83. The third-order valence-corrected chi connectivity index (χ3v) is 6.49. The van der Waals surface area contributed by atoms with E-state index < -0.39 is 0 Å². The number of aromatic amines is 1. The first kappa shape index (κ1) is 21.9. The molecule has 0 aliphatic heterocycles. The summed E-state index contributed by atoms with van der Waals surface area (Å²) in [6, 6.07) is 24.1. The van der Waals surface area contributed by atoms with Crippen LogP contribution in [0.25, 0.3) is 44.5 Å². The van der Waals surface area contributed by atoms with Crippen LogP contribution in [0.2, 0.25) is 0 Å². The second-order valence-electron chi connectivity index (χ2n) is 8.95. The van der Waals surface area contributed by atoms with E-state index in [1.807, 2.05) is 65.5 Å². The van der Waals surface area contributed by atoms with Crippen molar-refractivity contribution >= 4 is 27.7 Å². The van der Waals surface area contributed by atoms with E-state index in [1.165, 1.54) is 0 Å². The zero-order valence-electron chi connectivity index (χ0n) is 19.8. The summed E-state index contributed by atoms with van der Waals surface area (Å²) in [5.74, 6) is 0.130. The Morgan fingerprint density at radius 3 is 2.56 bits per heavy atom. The van der Waals surface area contributed by atoms with E-state index >= 15 is 0 Å². The van der Waals surface area contributed by atoms with E-state index in [9.17, 15) is 4.79 Å². The van der Waals surface area contributed by atoms with Gasteiger partial charge in [-0.3, -0.25) is 4.79 Å². The highest BCUT2D eigenvalue weighted by Crippen LogP contribution is 2.32. The van der Waals surface area contributed by atoms with E-state index in [2.05, 4.69) is 34.2 Å². The molecule has 6 rings (SSSR count). The summed E-state index contributed by atoms with van der Waals surface area (Å²) in [6.07, 6.45) is 9.72. The Morgan fingerprint density at radius 1 is 0.833 bits per heavy atom. The summed E-state index contributed by atoms with van der Waals surface area (Å²) in [6.45, 7) is 0.868. The minimum Gasteiger partial charge on any atom is -0.361 e. The van der Waals surface area contributed by atoms with Gasteiger partial charge in [0, 0.05) is 53.8 Å². The van der Waals surface area contributed by atoms with Crippen molar-refractivity contribution in [3.8, 4) is 22.5 Å². The molecule has 0 bridgehead atoms. The summed E-state index contributed by atoms with van der Waals surface area (Å²) >= 11 is 0. The number of Topliss-reactive ketones (excluding diaryl/α,β-unsaturated/α-hetero) is 1. The molecule has 0 radical (unpaired) electrons. The van der Waals surface area contributed by atoms with E-state index in [0.717, 1.165) is 63.8 Å². The van der Waals surface area contributed by atoms with Crippen molar-refractivity contribution in [2.24, 2.45) is 0 Å². The number of unbranched alkanes of at least 4 members (excludes halogenated alkanes) is 1. The standard InChI is InChI=1S/C30H25N5O/c36-28(8-4-5-16-35-17-15-31-20-35)23-11-12-25-27(18-23)34-30(29(33-25)22-6-2-1-3-7-22)24-10-9-21-13-14-32-26(21)19-24/h1-3,6-7,9-15,17-20,32H,4-5,8,16H2. The number of rotatable bonds is 8. The molecule has 176 valence electrons. The highest BCUT2D eigenvalue weighted by Gasteiger charge is 2.15. The lowest BCUT2D eigenvalue weighted by atomic mass is 10.0. The molecule has 0 spiro atoms. The first-order valence-corrected chi connectivity index (χ1v) is 12.2. The fourth-order valence-electron chi connectivity index (χ4n) is 4.56. The Morgan fingerprint density at radius 2 is 1.69 bits per heavy atom. The molecule has 36 heavy (non-hydrogen) atoms. The maximum absolute atomic E-state index is 12.9. The summed E-state index contributed by atoms with van der Waals surface area (Å²) in [5, 5.41) is 1.15. The summed E-state index contributed by atoms with van der Waals surface area (Å²) in [7, 11) is 0. The van der Waals surface area contributed by atoms with Crippen LogP contribution in [-0.2, 0) is 6.54 Å². The summed E-state index contributed by atoms with van der Waals surface area (Å²) in [5.41, 5.74) is 6.84. The van der Waals surface area contributed by atoms with Crippen molar-refractivity contribution in [3.05, 3.63) is 103 Å². The van der Waals surface area contributed by atoms with Crippen LogP contribution in [0.3, 0.4) is 0 Å². The first-order valence-electron chi connectivity index (χ1n) is 12.2. The Bertz CT molecular complexity index is 1650. The van der Waals surface area contributed by atoms with Gasteiger partial charge in [0.1, 0.15) is 0 Å². The molecule has 6 heteroatoms. The van der Waals surface area contributed by atoms with Gasteiger partial charge in [0.25, 0.3) is 0 Å². The van der Waals surface area contributed by atoms with Crippen LogP contribution in [0.15, 0.2) is 97.7 Å². The molecule has 0 amide bonds. The van der Waals surface area contributed by atoms with E-state index in [0.29, 0.717) is 12.0 Å². The van der Waals surface area contributed by atoms with Crippen molar-refractivity contribution in [2.75, 3.05) is 0 Å². The van der Waals surface area contributed by atoms with Gasteiger partial charge in [0.05, 0.1) is 28.7 Å². The minimum absolute atomic E-state index is 0.130. The third-order valence-electron chi connectivity index (χ3n) is 6.49. The number of fused-ring (bicyclic) bond motifs is 2. The van der Waals surface area contributed by atoms with Crippen LogP contribution in [0, 0.1) is 0 Å². The number of carbonyl (C=O) groups is 1. The highest BCUT2D eigenvalue weighted by atomic mass is 16.1. The fraction of sp³-hybridized carbons (Fsp3) is 0.133. The van der Waals surface area contributed by atoms with Gasteiger partial charge >= 0.3 is 0 Å². The lowest BCUT2D eigenvalue weighted by molar-refractivity contribution is 0.0979. The average Bonchev–Trinajstić information content (AvgIpc) is 3.62. The van der Waals surface area contributed by atoms with Gasteiger partial charge in [0.2, 0.25) is 0 Å². The number of hydrogen-bond donors (Lipinski definition) is 1. The number of nitrogens with one attached hydrogen (secondary N) is 1. The van der Waals surface area contributed by atoms with Crippen molar-refractivity contribution in [2.45, 2.75) is 25.8 Å². The Hall–Kier alpha value is -4.58. The maximum Gasteiger partial charge on any atom is 0.162 e. The first-order chi connectivity index (χ1) is 17.7. The number of hydrogen-bond acceptors (Lipinski definition) is 4. The molecule has 0 unspecified atom stereocenters. The number of benzene rings is 3. The van der Waals surface area contributed by atoms with Crippen LogP contribution < -0.4 is 0 Å². The van der Waals surface area contributed by atoms with Gasteiger partial charge in [-0.1, -0.05) is 42.5 Å². The van der Waals surface area contributed by atoms with Crippen LogP contribution in [0.5, 0.6) is 0 Å². The molecule has 3 aromatic heterocycles. The zero-order chi connectivity index (χ0) is 24.3. The van der Waals surface area contributed by atoms with Crippen LogP contribution >= 0.6 is 0 Å². The molecule has 0 aliphatic carbocycles. The van der Waals surface area contributed by atoms with E-state index in [1.54, 1.807) is 12.5 Å². The quantitative estimate of drug-likeness (QED) is 0.198. The molecule has 1 N–H and O–H groups in total. The van der Waals surface area contributed by atoms with Gasteiger partial charge in [-0.2, -0.15) is 0 Å². The van der Waals surface area contributed by atoms with Crippen molar-refractivity contribution in [1.82, 2.24) is 24.5 Å². The Labute approximate surface area is 208 Å². The van der Waals surface area contributed by atoms with E-state index in [-0.39, 0.29) is 5.78 Å². The predicted octanol–water partition coefficient (Wildman–Crippen LogP) is 6.69. The molecule has 0 atom stereocenters. The van der Waals surface area contributed by atoms with Crippen LogP contribution in [0.4, 0.5) is 0 Å². The highest BCUT2D eigenvalue weighted by molar-refractivity contribution is 5.99. The molecule has 0 saturated heterocycles. The van der Waals surface area contributed by atoms with Crippen LogP contribution in [-0.4, -0.2) is 30.3 Å². The van der Waals surface area contributed by atoms with Gasteiger partial charge < -0.3 is 9.55 Å². The second-order valence-corrected chi connectivity index (χ2v) is 8.95. The van der Waals surface area contributed by atoms with Gasteiger partial charge in [0.15, 0.2) is 5.78 Å². The van der Waals surface area contributed by atoms with Crippen LogP contribution in [0.1, 0.15) is 29.6 Å². The predicted molar refractivity (Wildman–Crippen MR) is 143 cm³/mol. The lowest BCUT2D eigenvalue weighted by Gasteiger charge is -2.12. The molecule has 3 heterocycles. The average molecular weight is 472 g/mol. The number of aromatic nitrogens is 5. The topological polar surface area (TPSA) is 76.5 Å². The number of aryl methyl sites for hydroxylation is 1. The molecular weight excluding hydrogens is 446 g/mol. The van der Waals surface area contributed by atoms with Crippen molar-refractivity contribution in [1.29, 1.82) is 0 Å². The number of nitrogens with zero attached hydrogens (tertiary/aromatic N) is 4. The lowest BCUT2D eigenvalue weighted by Crippen LogP contribution is -2.02. The normalized spacial score (nSPS) is 11.3. The molecular formula is C30H25N5O. The fourth-order valence-corrected chi connectivity index (χ4v) is 4.56. The van der Waals surface area contributed by atoms with Crippen molar-refractivity contribution < 1.29 is 4.79 Å². The minimum atomic E-state index is 0.130. The number of H-pyrrole nitrogens is 1. The van der Waals surface area contributed by atoms with Gasteiger partial charge in [-0.05, 0) is 48.6 Å². The number of imidazole rings is 1. The molecule has 0 fully saturated rings. The Balaban J connectivity index is 1.34. The zero-order valence-corrected chi connectivity index (χ0v) is 19.8. The number of ketones is 1. The van der Waals surface area contributed by atoms with Gasteiger partial charge in [-0.25, -0.2) is 15.0 Å². The smallest absolute Gasteiger partial charge is 0.162 e. The molecule has 6 nitrogen and oxygen atoms in total. The molecule has 0 saturated carbocycles. The summed E-state index contributed by atoms with van der Waals surface area (Å²) in [4.78, 5) is 30.3. The summed E-state index contributed by atoms with van der Waals surface area (Å²) < 4.78 is 2.03. The molecule has 6 aromatic rings. The van der Waals surface area contributed by atoms with E-state index in [4.69, 9.17) is 9.97 Å². The monoisotopic (exact) mass is 471 g/mol. The number of carbonyl (C=O) groups excluding carboxylic acids is 1. The third kappa shape index (κ3) is 4.41.